The molecule has 11 nitrogen and oxygen atoms in total. The Bertz CT molecular complexity index is 3920. The molecule has 14 heteroatoms. The van der Waals surface area contributed by atoms with Crippen LogP contribution in [0, 0.1) is 45.8 Å². The van der Waals surface area contributed by atoms with Crippen molar-refractivity contribution in [3.8, 4) is 51.6 Å². The van der Waals surface area contributed by atoms with Crippen LogP contribution in [0.3, 0.4) is 0 Å². The maximum absolute atomic E-state index is 12.7. The highest BCUT2D eigenvalue weighted by Crippen LogP contribution is 2.41. The summed E-state index contributed by atoms with van der Waals surface area (Å²) in [7, 11) is 0. The number of benzene rings is 6. The van der Waals surface area contributed by atoms with E-state index in [1.807, 2.05) is 36.4 Å². The Labute approximate surface area is 595 Å². The van der Waals surface area contributed by atoms with Gasteiger partial charge in [-0.1, -0.05) is 209 Å². The molecule has 2 aromatic heterocycles. The monoisotopic (exact) mass is 1370 g/mol. The van der Waals surface area contributed by atoms with Gasteiger partial charge < -0.3 is 37.9 Å². The Hall–Kier alpha value is -8.26. The third-order valence-corrected chi connectivity index (χ3v) is 18.4. The van der Waals surface area contributed by atoms with Crippen LogP contribution in [0.25, 0.3) is 11.4 Å². The molecule has 0 bridgehead atoms. The number of halogens is 3. The average molecular weight is 1370 g/mol. The van der Waals surface area contributed by atoms with E-state index in [0.717, 1.165) is 96.3 Å². The first-order chi connectivity index (χ1) is 46.7. The largest absolute Gasteiger partial charge is 0.489 e. The number of alkyl halides is 3. The van der Waals surface area contributed by atoms with E-state index in [1.165, 1.54) is 51.6 Å². The third-order valence-electron chi connectivity index (χ3n) is 18.4. The number of fused-ring (bicyclic) bond motifs is 4. The number of imidazole rings is 1. The van der Waals surface area contributed by atoms with Crippen molar-refractivity contribution in [2.45, 2.75) is 201 Å². The van der Waals surface area contributed by atoms with Crippen LogP contribution in [-0.4, -0.2) is 58.0 Å². The molecule has 0 N–H and O–H groups in total. The molecule has 3 atom stereocenters. The molecule has 7 heterocycles. The van der Waals surface area contributed by atoms with Gasteiger partial charge in [0, 0.05) is 56.1 Å². The summed E-state index contributed by atoms with van der Waals surface area (Å²) >= 11 is 0. The van der Waals surface area contributed by atoms with Gasteiger partial charge in [-0.3, -0.25) is 9.78 Å². The minimum atomic E-state index is -4.35. The molecule has 100 heavy (non-hydrogen) atoms. The van der Waals surface area contributed by atoms with E-state index in [9.17, 15) is 18.0 Å². The zero-order valence-electron chi connectivity index (χ0n) is 63.1. The molecule has 1 saturated heterocycles. The van der Waals surface area contributed by atoms with E-state index in [-0.39, 0.29) is 34.6 Å². The Morgan fingerprint density at radius 3 is 1.70 bits per heavy atom. The van der Waals surface area contributed by atoms with Gasteiger partial charge in [0.1, 0.15) is 42.4 Å². The number of pyridine rings is 1. The topological polar surface area (TPSA) is 106 Å². The summed E-state index contributed by atoms with van der Waals surface area (Å²) in [5.41, 5.74) is 10.5. The number of amides is 1. The molecular weight excluding hydrogens is 1260 g/mol. The van der Waals surface area contributed by atoms with E-state index in [2.05, 4.69) is 237 Å². The zero-order valence-corrected chi connectivity index (χ0v) is 63.1. The van der Waals surface area contributed by atoms with Gasteiger partial charge in [0.05, 0.1) is 11.8 Å². The maximum Gasteiger partial charge on any atom is 0.416 e. The summed E-state index contributed by atoms with van der Waals surface area (Å²) in [6, 6.07) is 46.5. The van der Waals surface area contributed by atoms with Crippen molar-refractivity contribution in [3.63, 3.8) is 0 Å². The van der Waals surface area contributed by atoms with Crippen molar-refractivity contribution in [2.75, 3.05) is 26.6 Å². The molecule has 8 aromatic rings. The molecule has 5 aliphatic rings. The van der Waals surface area contributed by atoms with E-state index in [0.29, 0.717) is 60.9 Å². The van der Waals surface area contributed by atoms with Crippen molar-refractivity contribution < 1.29 is 46.4 Å². The second-order valence-electron chi connectivity index (χ2n) is 33.9. The number of hydrogen-bond donors (Lipinski definition) is 0. The summed E-state index contributed by atoms with van der Waals surface area (Å²) in [5.74, 6) is 8.35. The van der Waals surface area contributed by atoms with Gasteiger partial charge in [-0.2, -0.15) is 13.2 Å². The van der Waals surface area contributed by atoms with E-state index in [1.54, 1.807) is 23.4 Å². The van der Waals surface area contributed by atoms with Gasteiger partial charge in [0.2, 0.25) is 12.7 Å². The second kappa shape index (κ2) is 32.6. The van der Waals surface area contributed by atoms with Gasteiger partial charge in [-0.05, 0) is 171 Å². The van der Waals surface area contributed by atoms with E-state index < -0.39 is 11.7 Å². The highest BCUT2D eigenvalue weighted by Gasteiger charge is 2.38. The zero-order chi connectivity index (χ0) is 73.0. The SMILES string of the molecule is CC(C)(C)C1CC(=O)N(Cc2cccc(C(F)(F)F)c2)C1.CC(C)(C)C1CCn2c(cnc2-c2ccccc2)C1.CC(C)(C)Cc1ccc2c(c1)OCCO2.CC(C)(C)Cc1ccc2c(c1)OCO2.CC(C)(C)c1ccc(Oc2cccnc2)cc1.Cc1ccc2c(c1)CC(C(C)(C)C)O2. The Kier molecular flexibility index (Phi) is 25.3. The fourth-order valence-electron chi connectivity index (χ4n) is 12.5. The van der Waals surface area contributed by atoms with Crippen molar-refractivity contribution in [1.82, 2.24) is 19.4 Å². The molecule has 1 amide bonds. The van der Waals surface area contributed by atoms with Crippen LogP contribution < -0.4 is 28.4 Å². The first kappa shape index (κ1) is 77.5. The Balaban J connectivity index is 0.000000154. The minimum Gasteiger partial charge on any atom is -0.489 e. The molecule has 0 spiro atoms. The highest BCUT2D eigenvalue weighted by molar-refractivity contribution is 5.78. The number of hydrogen-bond acceptors (Lipinski definition) is 9. The van der Waals surface area contributed by atoms with Crippen LogP contribution >= 0.6 is 0 Å². The van der Waals surface area contributed by atoms with Crippen LogP contribution in [0.1, 0.15) is 182 Å². The molecular formula is C86H111F3N4O7. The molecule has 1 fully saturated rings. The molecule has 5 aliphatic heterocycles. The van der Waals surface area contributed by atoms with Gasteiger partial charge in [-0.25, -0.2) is 4.98 Å². The quantitative estimate of drug-likeness (QED) is 0.154. The fourth-order valence-corrected chi connectivity index (χ4v) is 12.5. The number of ether oxygens (including phenoxy) is 6. The minimum absolute atomic E-state index is 0.0207. The van der Waals surface area contributed by atoms with Crippen LogP contribution in [0.5, 0.6) is 40.2 Å². The lowest BCUT2D eigenvalue weighted by molar-refractivity contribution is -0.137. The van der Waals surface area contributed by atoms with Crippen LogP contribution in [0.4, 0.5) is 13.2 Å². The maximum atomic E-state index is 12.7. The number of rotatable bonds is 7. The van der Waals surface area contributed by atoms with Gasteiger partial charge in [0.15, 0.2) is 23.0 Å². The molecule has 13 rings (SSSR count). The third kappa shape index (κ3) is 23.4. The molecule has 6 aromatic carbocycles. The van der Waals surface area contributed by atoms with Crippen LogP contribution in [0.2, 0.25) is 0 Å². The number of carbonyl (C=O) groups excluding carboxylic acids is 1. The summed E-state index contributed by atoms with van der Waals surface area (Å²) < 4.78 is 73.7. The first-order valence-corrected chi connectivity index (χ1v) is 35.5. The smallest absolute Gasteiger partial charge is 0.416 e. The average Bonchev–Trinajstić information content (AvgIpc) is 1.63. The number of nitrogens with zero attached hydrogens (tertiary/aromatic N) is 4. The summed E-state index contributed by atoms with van der Waals surface area (Å²) in [4.78, 5) is 22.3. The summed E-state index contributed by atoms with van der Waals surface area (Å²) in [6.07, 6.45) is 7.55. The molecule has 0 radical (unpaired) electrons. The van der Waals surface area contributed by atoms with Crippen molar-refractivity contribution in [3.05, 3.63) is 209 Å². The lowest BCUT2D eigenvalue weighted by Gasteiger charge is -2.34. The molecule has 0 aliphatic carbocycles. The van der Waals surface area contributed by atoms with Crippen molar-refractivity contribution in [2.24, 2.45) is 38.9 Å². The van der Waals surface area contributed by atoms with Crippen molar-refractivity contribution >= 4 is 5.91 Å². The van der Waals surface area contributed by atoms with Crippen LogP contribution in [-0.2, 0) is 55.2 Å². The molecule has 538 valence electrons. The molecule has 3 unspecified atom stereocenters. The second-order valence-corrected chi connectivity index (χ2v) is 33.9. The number of aromatic nitrogens is 3. The number of likely N-dealkylation sites (tertiary alicyclic amines) is 1. The van der Waals surface area contributed by atoms with E-state index in [4.69, 9.17) is 28.4 Å². The first-order valence-electron chi connectivity index (χ1n) is 35.5. The summed E-state index contributed by atoms with van der Waals surface area (Å²) in [6.45, 7) is 45.8. The van der Waals surface area contributed by atoms with Crippen molar-refractivity contribution in [1.29, 1.82) is 0 Å². The Morgan fingerprint density at radius 1 is 0.530 bits per heavy atom. The summed E-state index contributed by atoms with van der Waals surface area (Å²) in [5, 5.41) is 0. The highest BCUT2D eigenvalue weighted by atomic mass is 19.4. The standard InChI is InChI=1S/C17H22N2.C16H20F3NO.C15H17NO.C13H18O2.C13H18O.C12H16O2/c1-17(2,3)14-9-10-19-15(11-14)12-18-16(19)13-7-5-4-6-8-13;1-15(2,3)13-8-14(21)20(10-13)9-11-5-4-6-12(7-11)16(17,18)19;1-15(2,3)12-6-8-13(9-7-12)17-14-5-4-10-16-11-14;1-13(2,3)9-10-4-5-11-12(8-10)15-7-6-14-11;1-9-5-6-11-10(7-9)8-12(14-11)13(2,3)4;1-12(2,3)7-9-4-5-10-11(6-9)14-8-13-10/h4-8,12,14H,9-11H2,1-3H3;4-7,13H,8-10H2,1-3H3;4-11H,1-3H3;4-5,8H,6-7,9H2,1-3H3;5-7,12H,8H2,1-4H3;4-6H,7-8H2,1-3H3. The number of carbonyl (C=O) groups is 1. The Morgan fingerprint density at radius 2 is 1.13 bits per heavy atom. The van der Waals surface area contributed by atoms with Gasteiger partial charge in [-0.15, -0.1) is 0 Å². The van der Waals surface area contributed by atoms with Gasteiger partial charge in [0.25, 0.3) is 0 Å². The van der Waals surface area contributed by atoms with E-state index >= 15 is 0 Å². The van der Waals surface area contributed by atoms with Gasteiger partial charge >= 0.3 is 6.18 Å². The molecule has 0 saturated carbocycles. The lowest BCUT2D eigenvalue weighted by Crippen LogP contribution is -2.30. The predicted octanol–water partition coefficient (Wildman–Crippen LogP) is 21.8. The number of aryl methyl sites for hydroxylation is 1. The lowest BCUT2D eigenvalue weighted by atomic mass is 9.75. The normalized spacial score (nSPS) is 17.0. The predicted molar refractivity (Wildman–Crippen MR) is 398 cm³/mol. The fraction of sp³-hybridized carbons (Fsp3) is 0.477. The van der Waals surface area contributed by atoms with Crippen LogP contribution in [0.15, 0.2) is 164 Å².